The summed E-state index contributed by atoms with van der Waals surface area (Å²) in [5.74, 6) is 0. The molecule has 0 aliphatic heterocycles. The second-order valence-electron chi connectivity index (χ2n) is 7.23. The zero-order chi connectivity index (χ0) is 16.8. The molecule has 0 saturated heterocycles. The Morgan fingerprint density at radius 1 is 1.30 bits per heavy atom. The first-order valence-electron chi connectivity index (χ1n) is 7.76. The van der Waals surface area contributed by atoms with Crippen molar-refractivity contribution in [1.82, 2.24) is 14.5 Å². The van der Waals surface area contributed by atoms with E-state index in [4.69, 9.17) is 0 Å². The van der Waals surface area contributed by atoms with E-state index in [-0.39, 0.29) is 11.5 Å². The molecule has 1 aromatic heterocycles. The van der Waals surface area contributed by atoms with Crippen LogP contribution < -0.4 is 4.72 Å². The van der Waals surface area contributed by atoms with Crippen LogP contribution in [0.15, 0.2) is 30.5 Å². The van der Waals surface area contributed by atoms with Crippen LogP contribution in [0.5, 0.6) is 0 Å². The standard InChI is InChI=1S/C17H23N3O2S/c1-12-7-5-6-8-15(12)20-16-10-17(2,3)9-14(13(16)11-18-20)19-23(4,21)22/h5-8,11,14,19H,9-10H2,1-4H3. The van der Waals surface area contributed by atoms with Crippen LogP contribution in [-0.4, -0.2) is 24.5 Å². The minimum absolute atomic E-state index is 0.00975. The highest BCUT2D eigenvalue weighted by Crippen LogP contribution is 2.41. The first-order valence-corrected chi connectivity index (χ1v) is 9.65. The van der Waals surface area contributed by atoms with E-state index in [9.17, 15) is 8.42 Å². The highest BCUT2D eigenvalue weighted by Gasteiger charge is 2.36. The number of hydrogen-bond donors (Lipinski definition) is 1. The third-order valence-electron chi connectivity index (χ3n) is 4.38. The molecule has 0 amide bonds. The fourth-order valence-corrected chi connectivity index (χ4v) is 4.14. The summed E-state index contributed by atoms with van der Waals surface area (Å²) in [5.41, 5.74) is 4.28. The lowest BCUT2D eigenvalue weighted by molar-refractivity contribution is 0.269. The van der Waals surface area contributed by atoms with Gasteiger partial charge < -0.3 is 0 Å². The number of rotatable bonds is 3. The van der Waals surface area contributed by atoms with Gasteiger partial charge in [0.15, 0.2) is 0 Å². The van der Waals surface area contributed by atoms with Gasteiger partial charge in [-0.2, -0.15) is 5.10 Å². The molecule has 0 saturated carbocycles. The first-order chi connectivity index (χ1) is 10.7. The van der Waals surface area contributed by atoms with Gasteiger partial charge in [-0.25, -0.2) is 17.8 Å². The molecule has 0 radical (unpaired) electrons. The lowest BCUT2D eigenvalue weighted by Gasteiger charge is -2.35. The lowest BCUT2D eigenvalue weighted by Crippen LogP contribution is -2.36. The topological polar surface area (TPSA) is 64.0 Å². The van der Waals surface area contributed by atoms with E-state index in [1.807, 2.05) is 22.9 Å². The maximum Gasteiger partial charge on any atom is 0.209 e. The molecule has 1 heterocycles. The van der Waals surface area contributed by atoms with Crippen LogP contribution in [-0.2, 0) is 16.4 Å². The number of fused-ring (bicyclic) bond motifs is 1. The molecule has 0 bridgehead atoms. The Hall–Kier alpha value is -1.66. The number of aromatic nitrogens is 2. The number of para-hydroxylation sites is 1. The van der Waals surface area contributed by atoms with Crippen molar-refractivity contribution in [3.8, 4) is 5.69 Å². The molecule has 1 N–H and O–H groups in total. The second-order valence-corrected chi connectivity index (χ2v) is 9.01. The SMILES string of the molecule is Cc1ccccc1-n1ncc2c1CC(C)(C)CC2NS(C)(=O)=O. The van der Waals surface area contributed by atoms with E-state index >= 15 is 0 Å². The van der Waals surface area contributed by atoms with E-state index in [1.54, 1.807) is 6.20 Å². The summed E-state index contributed by atoms with van der Waals surface area (Å²) < 4.78 is 28.2. The molecule has 1 aliphatic rings. The molecule has 6 heteroatoms. The molecule has 1 atom stereocenters. The molecule has 2 aromatic rings. The van der Waals surface area contributed by atoms with Crippen LogP contribution in [0.4, 0.5) is 0 Å². The molecule has 0 fully saturated rings. The van der Waals surface area contributed by atoms with Crippen LogP contribution in [0, 0.1) is 12.3 Å². The number of nitrogens with zero attached hydrogens (tertiary/aromatic N) is 2. The Balaban J connectivity index is 2.11. The Bertz CT molecular complexity index is 837. The fraction of sp³-hybridized carbons (Fsp3) is 0.471. The highest BCUT2D eigenvalue weighted by atomic mass is 32.2. The Morgan fingerprint density at radius 3 is 2.65 bits per heavy atom. The average molecular weight is 333 g/mol. The Labute approximate surface area is 137 Å². The van der Waals surface area contributed by atoms with E-state index in [1.165, 1.54) is 6.26 Å². The van der Waals surface area contributed by atoms with E-state index in [0.29, 0.717) is 0 Å². The first kappa shape index (κ1) is 16.2. The van der Waals surface area contributed by atoms with Crippen molar-refractivity contribution < 1.29 is 8.42 Å². The van der Waals surface area contributed by atoms with Crippen LogP contribution in [0.3, 0.4) is 0 Å². The Morgan fingerprint density at radius 2 is 2.00 bits per heavy atom. The summed E-state index contributed by atoms with van der Waals surface area (Å²) in [5, 5.41) is 4.56. The van der Waals surface area contributed by atoms with Crippen molar-refractivity contribution in [1.29, 1.82) is 0 Å². The summed E-state index contributed by atoms with van der Waals surface area (Å²) in [7, 11) is -3.27. The van der Waals surface area contributed by atoms with Gasteiger partial charge in [-0.05, 0) is 36.8 Å². The van der Waals surface area contributed by atoms with Crippen molar-refractivity contribution in [2.45, 2.75) is 39.7 Å². The van der Waals surface area contributed by atoms with Gasteiger partial charge in [-0.1, -0.05) is 32.0 Å². The van der Waals surface area contributed by atoms with Gasteiger partial charge in [0.05, 0.1) is 24.2 Å². The molecule has 1 aliphatic carbocycles. The normalized spacial score (nSPS) is 20.3. The molecule has 23 heavy (non-hydrogen) atoms. The molecule has 0 spiro atoms. The third kappa shape index (κ3) is 3.33. The number of nitrogens with one attached hydrogen (secondary N) is 1. The quantitative estimate of drug-likeness (QED) is 0.939. The molecule has 3 rings (SSSR count). The molecule has 1 aromatic carbocycles. The zero-order valence-corrected chi connectivity index (χ0v) is 14.8. The zero-order valence-electron chi connectivity index (χ0n) is 14.0. The summed E-state index contributed by atoms with van der Waals surface area (Å²) in [6.45, 7) is 6.40. The number of aryl methyl sites for hydroxylation is 1. The number of benzene rings is 1. The van der Waals surface area contributed by atoms with Gasteiger partial charge in [0.2, 0.25) is 10.0 Å². The van der Waals surface area contributed by atoms with Gasteiger partial charge in [-0.3, -0.25) is 0 Å². The minimum atomic E-state index is -3.27. The van der Waals surface area contributed by atoms with Crippen molar-refractivity contribution in [2.75, 3.05) is 6.26 Å². The molecule has 124 valence electrons. The predicted molar refractivity (Wildman–Crippen MR) is 91.1 cm³/mol. The van der Waals surface area contributed by atoms with Crippen LogP contribution in [0.2, 0.25) is 0 Å². The van der Waals surface area contributed by atoms with Crippen LogP contribution >= 0.6 is 0 Å². The van der Waals surface area contributed by atoms with E-state index in [0.717, 1.165) is 35.3 Å². The average Bonchev–Trinajstić information content (AvgIpc) is 2.79. The van der Waals surface area contributed by atoms with Crippen molar-refractivity contribution >= 4 is 10.0 Å². The molecule has 5 nitrogen and oxygen atoms in total. The van der Waals surface area contributed by atoms with Crippen LogP contribution in [0.25, 0.3) is 5.69 Å². The van der Waals surface area contributed by atoms with Gasteiger partial charge >= 0.3 is 0 Å². The predicted octanol–water partition coefficient (Wildman–Crippen LogP) is 2.74. The number of sulfonamides is 1. The van der Waals surface area contributed by atoms with Gasteiger partial charge in [0, 0.05) is 11.3 Å². The third-order valence-corrected chi connectivity index (χ3v) is 5.09. The summed E-state index contributed by atoms with van der Waals surface area (Å²) >= 11 is 0. The summed E-state index contributed by atoms with van der Waals surface area (Å²) in [6.07, 6.45) is 4.66. The molecule has 1 unspecified atom stereocenters. The van der Waals surface area contributed by atoms with E-state index in [2.05, 4.69) is 36.7 Å². The second kappa shape index (κ2) is 5.46. The minimum Gasteiger partial charge on any atom is -0.237 e. The highest BCUT2D eigenvalue weighted by molar-refractivity contribution is 7.88. The van der Waals surface area contributed by atoms with Gasteiger partial charge in [0.1, 0.15) is 0 Å². The van der Waals surface area contributed by atoms with Crippen LogP contribution in [0.1, 0.15) is 43.1 Å². The molecular weight excluding hydrogens is 310 g/mol. The van der Waals surface area contributed by atoms with Crippen molar-refractivity contribution in [3.05, 3.63) is 47.3 Å². The summed E-state index contributed by atoms with van der Waals surface area (Å²) in [6, 6.07) is 7.89. The number of hydrogen-bond acceptors (Lipinski definition) is 3. The van der Waals surface area contributed by atoms with Crippen molar-refractivity contribution in [2.24, 2.45) is 5.41 Å². The van der Waals surface area contributed by atoms with Gasteiger partial charge in [0.25, 0.3) is 0 Å². The fourth-order valence-electron chi connectivity index (χ4n) is 3.41. The largest absolute Gasteiger partial charge is 0.237 e. The Kier molecular flexibility index (Phi) is 3.84. The van der Waals surface area contributed by atoms with Crippen molar-refractivity contribution in [3.63, 3.8) is 0 Å². The summed E-state index contributed by atoms with van der Waals surface area (Å²) in [4.78, 5) is 0. The lowest BCUT2D eigenvalue weighted by atomic mass is 9.74. The van der Waals surface area contributed by atoms with Gasteiger partial charge in [-0.15, -0.1) is 0 Å². The molecular formula is C17H23N3O2S. The maximum atomic E-state index is 11.7. The smallest absolute Gasteiger partial charge is 0.209 e. The maximum absolute atomic E-state index is 11.7. The van der Waals surface area contributed by atoms with E-state index < -0.39 is 10.0 Å². The monoisotopic (exact) mass is 333 g/mol.